The van der Waals surface area contributed by atoms with Gasteiger partial charge in [-0.1, -0.05) is 0 Å². The molecule has 0 aromatic carbocycles. The molecule has 0 N–H and O–H groups in total. The Hall–Kier alpha value is -1.47. The van der Waals surface area contributed by atoms with E-state index in [0.717, 1.165) is 6.07 Å². The summed E-state index contributed by atoms with van der Waals surface area (Å²) in [5.41, 5.74) is -1.42. The minimum absolute atomic E-state index is 0.0153. The maximum Gasteiger partial charge on any atom is 0.418 e. The monoisotopic (exact) mass is 263 g/mol. The van der Waals surface area contributed by atoms with E-state index in [-0.39, 0.29) is 25.1 Å². The molecule has 1 rings (SSSR count). The Bertz CT molecular complexity index is 407. The first-order valence-corrected chi connectivity index (χ1v) is 5.07. The molecular weight excluding hydrogens is 251 g/mol. The van der Waals surface area contributed by atoms with Crippen molar-refractivity contribution in [2.75, 3.05) is 20.3 Å². The number of nitrogens with zero attached hydrogens (tertiary/aromatic N) is 1. The van der Waals surface area contributed by atoms with Crippen LogP contribution >= 0.6 is 0 Å². The van der Waals surface area contributed by atoms with Gasteiger partial charge in [0, 0.05) is 13.3 Å². The van der Waals surface area contributed by atoms with Crippen LogP contribution in [0.4, 0.5) is 13.2 Å². The Morgan fingerprint density at radius 3 is 2.67 bits per heavy atom. The number of alkyl halides is 3. The summed E-state index contributed by atoms with van der Waals surface area (Å²) in [5.74, 6) is 0. The average molecular weight is 263 g/mol. The molecule has 4 nitrogen and oxygen atoms in total. The largest absolute Gasteiger partial charge is 0.418 e. The standard InChI is InChI=1S/C11H12F3NO3/c1-17-2-3-18-7-8-4-9(11(12,13)14)10(6-16)15-5-8/h4-6H,2-3,7H2,1H3. The van der Waals surface area contributed by atoms with Crippen LogP contribution in [0.15, 0.2) is 12.3 Å². The van der Waals surface area contributed by atoms with Gasteiger partial charge in [0.15, 0.2) is 6.29 Å². The lowest BCUT2D eigenvalue weighted by molar-refractivity contribution is -0.138. The van der Waals surface area contributed by atoms with E-state index in [0.29, 0.717) is 6.61 Å². The summed E-state index contributed by atoms with van der Waals surface area (Å²) in [4.78, 5) is 13.9. The van der Waals surface area contributed by atoms with Crippen molar-refractivity contribution in [3.8, 4) is 0 Å². The van der Waals surface area contributed by atoms with Crippen LogP contribution in [0, 0.1) is 0 Å². The number of aldehydes is 1. The van der Waals surface area contributed by atoms with E-state index >= 15 is 0 Å². The highest BCUT2D eigenvalue weighted by Crippen LogP contribution is 2.31. The summed E-state index contributed by atoms with van der Waals surface area (Å²) in [6.07, 6.45) is -3.34. The first-order valence-electron chi connectivity index (χ1n) is 5.07. The lowest BCUT2D eigenvalue weighted by Gasteiger charge is -2.10. The normalized spacial score (nSPS) is 11.6. The smallest absolute Gasteiger partial charge is 0.382 e. The van der Waals surface area contributed by atoms with Crippen LogP contribution in [0.3, 0.4) is 0 Å². The topological polar surface area (TPSA) is 48.4 Å². The Morgan fingerprint density at radius 1 is 1.39 bits per heavy atom. The molecule has 100 valence electrons. The minimum Gasteiger partial charge on any atom is -0.382 e. The van der Waals surface area contributed by atoms with Crippen LogP contribution in [0.1, 0.15) is 21.6 Å². The van der Waals surface area contributed by atoms with Gasteiger partial charge in [0.25, 0.3) is 0 Å². The Balaban J connectivity index is 2.80. The van der Waals surface area contributed by atoms with E-state index in [1.807, 2.05) is 0 Å². The first kappa shape index (κ1) is 14.6. The summed E-state index contributed by atoms with van der Waals surface area (Å²) in [5, 5.41) is 0. The molecule has 0 bridgehead atoms. The molecular formula is C11H12F3NO3. The highest BCUT2D eigenvalue weighted by Gasteiger charge is 2.34. The zero-order valence-electron chi connectivity index (χ0n) is 9.66. The summed E-state index contributed by atoms with van der Waals surface area (Å²) in [7, 11) is 1.49. The summed E-state index contributed by atoms with van der Waals surface area (Å²) in [6, 6.07) is 0.865. The van der Waals surface area contributed by atoms with Gasteiger partial charge < -0.3 is 9.47 Å². The second-order valence-corrected chi connectivity index (χ2v) is 3.44. The zero-order chi connectivity index (χ0) is 13.6. The van der Waals surface area contributed by atoms with Gasteiger partial charge in [-0.2, -0.15) is 13.2 Å². The molecule has 0 atom stereocenters. The Morgan fingerprint density at radius 2 is 2.11 bits per heavy atom. The fourth-order valence-electron chi connectivity index (χ4n) is 1.25. The predicted octanol–water partition coefficient (Wildman–Crippen LogP) is 2.08. The number of carbonyl (C=O) groups excluding carboxylic acids is 1. The number of ether oxygens (including phenoxy) is 2. The zero-order valence-corrected chi connectivity index (χ0v) is 9.66. The molecule has 0 amide bonds. The van der Waals surface area contributed by atoms with Crippen molar-refractivity contribution in [2.45, 2.75) is 12.8 Å². The molecule has 0 spiro atoms. The van der Waals surface area contributed by atoms with E-state index in [9.17, 15) is 18.0 Å². The molecule has 1 heterocycles. The highest BCUT2D eigenvalue weighted by molar-refractivity contribution is 5.74. The number of halogens is 3. The van der Waals surface area contributed by atoms with Gasteiger partial charge in [0.1, 0.15) is 5.69 Å². The molecule has 0 radical (unpaired) electrons. The number of hydrogen-bond acceptors (Lipinski definition) is 4. The third-order valence-electron chi connectivity index (χ3n) is 2.09. The van der Waals surface area contributed by atoms with Gasteiger partial charge in [0.2, 0.25) is 0 Å². The lowest BCUT2D eigenvalue weighted by Crippen LogP contribution is -2.12. The van der Waals surface area contributed by atoms with Gasteiger partial charge in [-0.25, -0.2) is 0 Å². The van der Waals surface area contributed by atoms with Crippen LogP contribution in [-0.2, 0) is 22.3 Å². The van der Waals surface area contributed by atoms with E-state index in [1.54, 1.807) is 0 Å². The third kappa shape index (κ3) is 4.08. The molecule has 1 aromatic heterocycles. The molecule has 0 saturated heterocycles. The summed E-state index contributed by atoms with van der Waals surface area (Å²) >= 11 is 0. The molecule has 0 aliphatic carbocycles. The number of hydrogen-bond donors (Lipinski definition) is 0. The molecule has 18 heavy (non-hydrogen) atoms. The lowest BCUT2D eigenvalue weighted by atomic mass is 10.1. The maximum absolute atomic E-state index is 12.6. The fraction of sp³-hybridized carbons (Fsp3) is 0.455. The number of pyridine rings is 1. The van der Waals surface area contributed by atoms with E-state index in [1.165, 1.54) is 13.3 Å². The molecule has 0 fully saturated rings. The first-order chi connectivity index (χ1) is 8.49. The quantitative estimate of drug-likeness (QED) is 0.582. The van der Waals surface area contributed by atoms with Gasteiger partial charge in [-0.3, -0.25) is 9.78 Å². The second-order valence-electron chi connectivity index (χ2n) is 3.44. The Labute approximate surface area is 102 Å². The molecule has 0 aliphatic heterocycles. The predicted molar refractivity (Wildman–Crippen MR) is 56.2 cm³/mol. The number of rotatable bonds is 6. The van der Waals surface area contributed by atoms with Gasteiger partial charge in [-0.15, -0.1) is 0 Å². The van der Waals surface area contributed by atoms with E-state index < -0.39 is 17.4 Å². The van der Waals surface area contributed by atoms with E-state index in [4.69, 9.17) is 9.47 Å². The van der Waals surface area contributed by atoms with E-state index in [2.05, 4.69) is 4.98 Å². The van der Waals surface area contributed by atoms with Gasteiger partial charge in [-0.05, 0) is 11.6 Å². The molecule has 0 aliphatic rings. The highest BCUT2D eigenvalue weighted by atomic mass is 19.4. The van der Waals surface area contributed by atoms with Crippen LogP contribution in [0.25, 0.3) is 0 Å². The second kappa shape index (κ2) is 6.46. The molecule has 7 heteroatoms. The van der Waals surface area contributed by atoms with Crippen LogP contribution in [-0.4, -0.2) is 31.6 Å². The van der Waals surface area contributed by atoms with Crippen LogP contribution in [0.2, 0.25) is 0 Å². The Kier molecular flexibility index (Phi) is 5.24. The summed E-state index contributed by atoms with van der Waals surface area (Å²) in [6.45, 7) is 0.609. The SMILES string of the molecule is COCCOCc1cnc(C=O)c(C(F)(F)F)c1. The maximum atomic E-state index is 12.6. The van der Waals surface area contributed by atoms with Crippen molar-refractivity contribution in [1.82, 2.24) is 4.98 Å². The van der Waals surface area contributed by atoms with Crippen molar-refractivity contribution >= 4 is 6.29 Å². The molecule has 1 aromatic rings. The number of methoxy groups -OCH3 is 1. The van der Waals surface area contributed by atoms with Crippen LogP contribution in [0.5, 0.6) is 0 Å². The van der Waals surface area contributed by atoms with Crippen molar-refractivity contribution in [3.05, 3.63) is 29.1 Å². The molecule has 0 unspecified atom stereocenters. The van der Waals surface area contributed by atoms with Crippen molar-refractivity contribution in [1.29, 1.82) is 0 Å². The fourth-order valence-corrected chi connectivity index (χ4v) is 1.25. The number of aromatic nitrogens is 1. The minimum atomic E-state index is -4.61. The summed E-state index contributed by atoms with van der Waals surface area (Å²) < 4.78 is 47.6. The van der Waals surface area contributed by atoms with Crippen molar-refractivity contribution < 1.29 is 27.4 Å². The van der Waals surface area contributed by atoms with Crippen molar-refractivity contribution in [2.24, 2.45) is 0 Å². The third-order valence-corrected chi connectivity index (χ3v) is 2.09. The molecule has 0 saturated carbocycles. The van der Waals surface area contributed by atoms with Gasteiger partial charge >= 0.3 is 6.18 Å². The van der Waals surface area contributed by atoms with Crippen molar-refractivity contribution in [3.63, 3.8) is 0 Å². The van der Waals surface area contributed by atoms with Crippen LogP contribution < -0.4 is 0 Å². The average Bonchev–Trinajstić information content (AvgIpc) is 2.33. The van der Waals surface area contributed by atoms with Gasteiger partial charge in [0.05, 0.1) is 25.4 Å². The number of carbonyl (C=O) groups is 1.